The van der Waals surface area contributed by atoms with Crippen molar-refractivity contribution in [3.8, 4) is 0 Å². The van der Waals surface area contributed by atoms with Gasteiger partial charge in [-0.1, -0.05) is 6.92 Å². The summed E-state index contributed by atoms with van der Waals surface area (Å²) in [7, 11) is 1.46. The number of rotatable bonds is 1. The van der Waals surface area contributed by atoms with Gasteiger partial charge in [0.15, 0.2) is 0 Å². The summed E-state index contributed by atoms with van der Waals surface area (Å²) in [6.07, 6.45) is 2.44. The Hall–Kier alpha value is -0.570. The van der Waals surface area contributed by atoms with Crippen LogP contribution >= 0.6 is 0 Å². The van der Waals surface area contributed by atoms with Crippen molar-refractivity contribution in [2.45, 2.75) is 25.8 Å². The lowest BCUT2D eigenvalue weighted by molar-refractivity contribution is -0.162. The number of carbonyl (C=O) groups is 1. The van der Waals surface area contributed by atoms with Crippen LogP contribution in [-0.2, 0) is 9.53 Å². The summed E-state index contributed by atoms with van der Waals surface area (Å²) in [5, 5.41) is 3.14. The first kappa shape index (κ1) is 8.05. The number of hydrogen-bond donors (Lipinski definition) is 1. The first-order valence-electron chi connectivity index (χ1n) is 4.52. The van der Waals surface area contributed by atoms with Crippen LogP contribution in [0.1, 0.15) is 19.8 Å². The Labute approximate surface area is 72.5 Å². The van der Waals surface area contributed by atoms with Crippen LogP contribution in [-0.4, -0.2) is 25.7 Å². The average molecular weight is 169 g/mol. The van der Waals surface area contributed by atoms with E-state index in [4.69, 9.17) is 4.74 Å². The Balaban J connectivity index is 2.05. The summed E-state index contributed by atoms with van der Waals surface area (Å²) in [6.45, 7) is 3.22. The SMILES string of the molecule is COC(=O)[C@@H]1NC[C@]12CC[C@@H]2C. The highest BCUT2D eigenvalue weighted by atomic mass is 16.5. The fraction of sp³-hybridized carbons (Fsp3) is 0.889. The first-order valence-corrected chi connectivity index (χ1v) is 4.52. The summed E-state index contributed by atoms with van der Waals surface area (Å²) in [4.78, 5) is 11.3. The van der Waals surface area contributed by atoms with Gasteiger partial charge in [0, 0.05) is 12.0 Å². The molecule has 1 saturated heterocycles. The third kappa shape index (κ3) is 0.774. The van der Waals surface area contributed by atoms with Crippen LogP contribution in [0.4, 0.5) is 0 Å². The van der Waals surface area contributed by atoms with Gasteiger partial charge < -0.3 is 10.1 Å². The van der Waals surface area contributed by atoms with Gasteiger partial charge in [-0.2, -0.15) is 0 Å². The molecule has 1 heterocycles. The third-order valence-electron chi connectivity index (χ3n) is 3.67. The molecule has 1 spiro atoms. The fourth-order valence-corrected chi connectivity index (χ4v) is 2.40. The molecule has 2 fully saturated rings. The quantitative estimate of drug-likeness (QED) is 0.582. The van der Waals surface area contributed by atoms with E-state index in [1.165, 1.54) is 20.0 Å². The van der Waals surface area contributed by atoms with Crippen LogP contribution in [0, 0.1) is 11.3 Å². The van der Waals surface area contributed by atoms with Crippen LogP contribution < -0.4 is 5.32 Å². The monoisotopic (exact) mass is 169 g/mol. The molecule has 0 bridgehead atoms. The molecule has 0 aromatic heterocycles. The van der Waals surface area contributed by atoms with Crippen LogP contribution in [0.2, 0.25) is 0 Å². The van der Waals surface area contributed by atoms with Crippen molar-refractivity contribution in [3.63, 3.8) is 0 Å². The molecule has 1 saturated carbocycles. The van der Waals surface area contributed by atoms with Crippen molar-refractivity contribution < 1.29 is 9.53 Å². The molecule has 0 aromatic rings. The smallest absolute Gasteiger partial charge is 0.323 e. The number of carbonyl (C=O) groups excluding carboxylic acids is 1. The number of esters is 1. The molecule has 2 aliphatic rings. The van der Waals surface area contributed by atoms with E-state index >= 15 is 0 Å². The summed E-state index contributed by atoms with van der Waals surface area (Å²) < 4.78 is 4.73. The summed E-state index contributed by atoms with van der Waals surface area (Å²) in [6, 6.07) is -0.0220. The highest BCUT2D eigenvalue weighted by Crippen LogP contribution is 2.53. The number of hydrogen-bond acceptors (Lipinski definition) is 3. The van der Waals surface area contributed by atoms with Crippen LogP contribution in [0.25, 0.3) is 0 Å². The minimum Gasteiger partial charge on any atom is -0.468 e. The van der Waals surface area contributed by atoms with E-state index in [9.17, 15) is 4.79 Å². The maximum atomic E-state index is 11.3. The third-order valence-corrected chi connectivity index (χ3v) is 3.67. The van der Waals surface area contributed by atoms with E-state index in [0.717, 1.165) is 6.54 Å². The summed E-state index contributed by atoms with van der Waals surface area (Å²) >= 11 is 0. The van der Waals surface area contributed by atoms with Crippen molar-refractivity contribution in [2.24, 2.45) is 11.3 Å². The molecule has 0 amide bonds. The second kappa shape index (κ2) is 2.46. The van der Waals surface area contributed by atoms with Gasteiger partial charge in [0.2, 0.25) is 0 Å². The van der Waals surface area contributed by atoms with Gasteiger partial charge in [-0.25, -0.2) is 0 Å². The second-order valence-corrected chi connectivity index (χ2v) is 4.01. The minimum atomic E-state index is -0.0900. The van der Waals surface area contributed by atoms with Crippen molar-refractivity contribution >= 4 is 5.97 Å². The van der Waals surface area contributed by atoms with Crippen molar-refractivity contribution in [1.82, 2.24) is 5.32 Å². The maximum absolute atomic E-state index is 11.3. The maximum Gasteiger partial charge on any atom is 0.323 e. The van der Waals surface area contributed by atoms with E-state index in [1.54, 1.807) is 0 Å². The average Bonchev–Trinajstić information content (AvgIpc) is 2.00. The van der Waals surface area contributed by atoms with E-state index in [1.807, 2.05) is 0 Å². The van der Waals surface area contributed by atoms with E-state index in [-0.39, 0.29) is 17.4 Å². The Kier molecular flexibility index (Phi) is 1.65. The molecular weight excluding hydrogens is 154 g/mol. The minimum absolute atomic E-state index is 0.0220. The second-order valence-electron chi connectivity index (χ2n) is 4.01. The molecule has 0 aromatic carbocycles. The molecule has 3 heteroatoms. The Bertz CT molecular complexity index is 213. The standard InChI is InChI=1S/C9H15NO2/c1-6-3-4-9(6)5-10-7(9)8(11)12-2/h6-7,10H,3-5H2,1-2H3/t6-,7-,9-/m0/s1. The zero-order chi connectivity index (χ0) is 8.77. The highest BCUT2D eigenvalue weighted by molar-refractivity contribution is 5.78. The molecule has 68 valence electrons. The predicted molar refractivity (Wildman–Crippen MR) is 44.6 cm³/mol. The van der Waals surface area contributed by atoms with Crippen molar-refractivity contribution in [3.05, 3.63) is 0 Å². The van der Waals surface area contributed by atoms with Gasteiger partial charge in [0.25, 0.3) is 0 Å². The van der Waals surface area contributed by atoms with Gasteiger partial charge in [-0.3, -0.25) is 4.79 Å². The Morgan fingerprint density at radius 3 is 2.67 bits per heavy atom. The highest BCUT2D eigenvalue weighted by Gasteiger charge is 2.58. The molecule has 3 nitrogen and oxygen atoms in total. The van der Waals surface area contributed by atoms with Crippen LogP contribution in [0.5, 0.6) is 0 Å². The number of nitrogens with one attached hydrogen (secondary N) is 1. The molecule has 0 radical (unpaired) electrons. The lowest BCUT2D eigenvalue weighted by Crippen LogP contribution is -2.72. The molecule has 1 N–H and O–H groups in total. The van der Waals surface area contributed by atoms with E-state index < -0.39 is 0 Å². The predicted octanol–water partition coefficient (Wildman–Crippen LogP) is 0.547. The lowest BCUT2D eigenvalue weighted by atomic mass is 9.53. The molecule has 2 rings (SSSR count). The Morgan fingerprint density at radius 1 is 1.67 bits per heavy atom. The lowest BCUT2D eigenvalue weighted by Gasteiger charge is -2.59. The normalized spacial score (nSPS) is 44.8. The molecule has 0 unspecified atom stereocenters. The Morgan fingerprint density at radius 2 is 2.42 bits per heavy atom. The van der Waals surface area contributed by atoms with E-state index in [2.05, 4.69) is 12.2 Å². The zero-order valence-corrected chi connectivity index (χ0v) is 7.59. The van der Waals surface area contributed by atoms with Gasteiger partial charge in [0.05, 0.1) is 7.11 Å². The molecular formula is C9H15NO2. The van der Waals surface area contributed by atoms with Crippen molar-refractivity contribution in [1.29, 1.82) is 0 Å². The zero-order valence-electron chi connectivity index (χ0n) is 7.59. The summed E-state index contributed by atoms with van der Waals surface area (Å²) in [5.74, 6) is 0.593. The van der Waals surface area contributed by atoms with Gasteiger partial charge in [0.1, 0.15) is 6.04 Å². The van der Waals surface area contributed by atoms with Crippen LogP contribution in [0.15, 0.2) is 0 Å². The van der Waals surface area contributed by atoms with Crippen LogP contribution in [0.3, 0.4) is 0 Å². The van der Waals surface area contributed by atoms with Gasteiger partial charge >= 0.3 is 5.97 Å². The molecule has 1 aliphatic heterocycles. The first-order chi connectivity index (χ1) is 5.70. The molecule has 1 aliphatic carbocycles. The molecule has 3 atom stereocenters. The topological polar surface area (TPSA) is 38.3 Å². The number of methoxy groups -OCH3 is 1. The van der Waals surface area contributed by atoms with Gasteiger partial charge in [-0.05, 0) is 18.8 Å². The largest absolute Gasteiger partial charge is 0.468 e. The van der Waals surface area contributed by atoms with Crippen molar-refractivity contribution in [2.75, 3.05) is 13.7 Å². The van der Waals surface area contributed by atoms with Gasteiger partial charge in [-0.15, -0.1) is 0 Å². The van der Waals surface area contributed by atoms with E-state index in [0.29, 0.717) is 5.92 Å². The molecule has 12 heavy (non-hydrogen) atoms. The fourth-order valence-electron chi connectivity index (χ4n) is 2.40. The number of ether oxygens (including phenoxy) is 1. The summed E-state index contributed by atoms with van der Waals surface area (Å²) in [5.41, 5.74) is 0.257.